The molecule has 1 unspecified atom stereocenters. The molecular formula is C16H21N3. The first-order chi connectivity index (χ1) is 9.22. The summed E-state index contributed by atoms with van der Waals surface area (Å²) >= 11 is 0. The van der Waals surface area contributed by atoms with Crippen molar-refractivity contribution in [3.8, 4) is 11.3 Å². The molecule has 19 heavy (non-hydrogen) atoms. The van der Waals surface area contributed by atoms with Crippen molar-refractivity contribution in [1.29, 1.82) is 0 Å². The lowest BCUT2D eigenvalue weighted by Gasteiger charge is -2.12. The number of anilines is 1. The SMILES string of the molecule is CCc1cccc(-c2cncc(NC(C)CC)n2)c1. The normalized spacial score (nSPS) is 12.2. The average Bonchev–Trinajstić information content (AvgIpc) is 2.47. The van der Waals surface area contributed by atoms with Crippen molar-refractivity contribution >= 4 is 5.82 Å². The van der Waals surface area contributed by atoms with Crippen LogP contribution in [0.3, 0.4) is 0 Å². The molecule has 1 atom stereocenters. The first kappa shape index (κ1) is 13.5. The van der Waals surface area contributed by atoms with Crippen LogP contribution in [-0.2, 0) is 6.42 Å². The van der Waals surface area contributed by atoms with Gasteiger partial charge in [-0.15, -0.1) is 0 Å². The number of hydrogen-bond acceptors (Lipinski definition) is 3. The summed E-state index contributed by atoms with van der Waals surface area (Å²) in [5, 5.41) is 3.36. The summed E-state index contributed by atoms with van der Waals surface area (Å²) in [4.78, 5) is 8.91. The fraction of sp³-hybridized carbons (Fsp3) is 0.375. The van der Waals surface area contributed by atoms with Crippen LogP contribution in [0.1, 0.15) is 32.8 Å². The molecule has 0 aliphatic rings. The molecule has 2 aromatic rings. The first-order valence-corrected chi connectivity index (χ1v) is 6.90. The van der Waals surface area contributed by atoms with Crippen LogP contribution < -0.4 is 5.32 Å². The number of aryl methyl sites for hydroxylation is 1. The molecule has 0 saturated carbocycles. The van der Waals surface area contributed by atoms with Gasteiger partial charge in [-0.25, -0.2) is 4.98 Å². The van der Waals surface area contributed by atoms with E-state index in [9.17, 15) is 0 Å². The zero-order chi connectivity index (χ0) is 13.7. The van der Waals surface area contributed by atoms with Crippen LogP contribution in [0.2, 0.25) is 0 Å². The minimum absolute atomic E-state index is 0.409. The summed E-state index contributed by atoms with van der Waals surface area (Å²) in [6.45, 7) is 6.46. The fourth-order valence-corrected chi connectivity index (χ4v) is 1.88. The molecule has 0 bridgehead atoms. The summed E-state index contributed by atoms with van der Waals surface area (Å²) in [6.07, 6.45) is 5.69. The van der Waals surface area contributed by atoms with E-state index in [1.165, 1.54) is 5.56 Å². The van der Waals surface area contributed by atoms with Gasteiger partial charge in [-0.05, 0) is 31.4 Å². The van der Waals surface area contributed by atoms with Crippen molar-refractivity contribution < 1.29 is 0 Å². The molecular weight excluding hydrogens is 234 g/mol. The Morgan fingerprint density at radius 1 is 1.21 bits per heavy atom. The maximum Gasteiger partial charge on any atom is 0.145 e. The van der Waals surface area contributed by atoms with Gasteiger partial charge in [-0.3, -0.25) is 4.98 Å². The lowest BCUT2D eigenvalue weighted by atomic mass is 10.1. The average molecular weight is 255 g/mol. The molecule has 0 aliphatic carbocycles. The van der Waals surface area contributed by atoms with Gasteiger partial charge in [0.2, 0.25) is 0 Å². The summed E-state index contributed by atoms with van der Waals surface area (Å²) in [5.41, 5.74) is 3.36. The van der Waals surface area contributed by atoms with Gasteiger partial charge in [-0.2, -0.15) is 0 Å². The van der Waals surface area contributed by atoms with Gasteiger partial charge in [0.1, 0.15) is 5.82 Å². The molecule has 0 fully saturated rings. The zero-order valence-electron chi connectivity index (χ0n) is 11.9. The number of rotatable bonds is 5. The summed E-state index contributed by atoms with van der Waals surface area (Å²) < 4.78 is 0. The lowest BCUT2D eigenvalue weighted by Crippen LogP contribution is -2.14. The maximum atomic E-state index is 4.63. The quantitative estimate of drug-likeness (QED) is 0.880. The molecule has 2 rings (SSSR count). The second kappa shape index (κ2) is 6.32. The van der Waals surface area contributed by atoms with Gasteiger partial charge in [0.05, 0.1) is 18.1 Å². The predicted octanol–water partition coefficient (Wildman–Crippen LogP) is 3.92. The Labute approximate surface area is 115 Å². The standard InChI is InChI=1S/C16H21N3/c1-4-12(3)18-16-11-17-10-15(19-16)14-8-6-7-13(5-2)9-14/h6-12H,4-5H2,1-3H3,(H,18,19). The lowest BCUT2D eigenvalue weighted by molar-refractivity contribution is 0.758. The van der Waals surface area contributed by atoms with E-state index in [4.69, 9.17) is 0 Å². The molecule has 0 amide bonds. The van der Waals surface area contributed by atoms with Crippen molar-refractivity contribution in [2.24, 2.45) is 0 Å². The molecule has 0 aliphatic heterocycles. The second-order valence-electron chi connectivity index (χ2n) is 4.80. The Bertz CT molecular complexity index is 537. The largest absolute Gasteiger partial charge is 0.366 e. The maximum absolute atomic E-state index is 4.63. The summed E-state index contributed by atoms with van der Waals surface area (Å²) in [5.74, 6) is 0.841. The monoisotopic (exact) mass is 255 g/mol. The first-order valence-electron chi connectivity index (χ1n) is 6.90. The van der Waals surface area contributed by atoms with Gasteiger partial charge >= 0.3 is 0 Å². The molecule has 1 heterocycles. The Hall–Kier alpha value is -1.90. The minimum Gasteiger partial charge on any atom is -0.366 e. The third-order valence-electron chi connectivity index (χ3n) is 3.27. The topological polar surface area (TPSA) is 37.8 Å². The van der Waals surface area contributed by atoms with Gasteiger partial charge in [0.25, 0.3) is 0 Å². The second-order valence-corrected chi connectivity index (χ2v) is 4.80. The molecule has 0 radical (unpaired) electrons. The third kappa shape index (κ3) is 3.53. The van der Waals surface area contributed by atoms with Crippen LogP contribution in [0.5, 0.6) is 0 Å². The minimum atomic E-state index is 0.409. The number of benzene rings is 1. The smallest absolute Gasteiger partial charge is 0.145 e. The van der Waals surface area contributed by atoms with E-state index in [1.54, 1.807) is 6.20 Å². The highest BCUT2D eigenvalue weighted by atomic mass is 15.0. The Morgan fingerprint density at radius 2 is 2.05 bits per heavy atom. The van der Waals surface area contributed by atoms with E-state index < -0.39 is 0 Å². The number of nitrogens with zero attached hydrogens (tertiary/aromatic N) is 2. The third-order valence-corrected chi connectivity index (χ3v) is 3.27. The molecule has 1 aromatic heterocycles. The van der Waals surface area contributed by atoms with Crippen LogP contribution in [0.15, 0.2) is 36.7 Å². The molecule has 100 valence electrons. The van der Waals surface area contributed by atoms with Crippen LogP contribution in [0.4, 0.5) is 5.82 Å². The van der Waals surface area contributed by atoms with E-state index in [2.05, 4.69) is 60.3 Å². The highest BCUT2D eigenvalue weighted by Gasteiger charge is 2.04. The van der Waals surface area contributed by atoms with E-state index in [0.29, 0.717) is 6.04 Å². The number of nitrogens with one attached hydrogen (secondary N) is 1. The highest BCUT2D eigenvalue weighted by molar-refractivity contribution is 5.60. The molecule has 1 aromatic carbocycles. The molecule has 3 nitrogen and oxygen atoms in total. The van der Waals surface area contributed by atoms with E-state index in [1.807, 2.05) is 6.20 Å². The van der Waals surface area contributed by atoms with Crippen molar-refractivity contribution in [3.05, 3.63) is 42.2 Å². The summed E-state index contributed by atoms with van der Waals surface area (Å²) in [6, 6.07) is 8.88. The number of hydrogen-bond donors (Lipinski definition) is 1. The predicted molar refractivity (Wildman–Crippen MR) is 80.2 cm³/mol. The van der Waals surface area contributed by atoms with E-state index >= 15 is 0 Å². The van der Waals surface area contributed by atoms with Crippen LogP contribution in [0.25, 0.3) is 11.3 Å². The molecule has 3 heteroatoms. The van der Waals surface area contributed by atoms with E-state index in [-0.39, 0.29) is 0 Å². The van der Waals surface area contributed by atoms with Gasteiger partial charge in [0, 0.05) is 11.6 Å². The Morgan fingerprint density at radius 3 is 2.79 bits per heavy atom. The van der Waals surface area contributed by atoms with Gasteiger partial charge in [-0.1, -0.05) is 32.0 Å². The van der Waals surface area contributed by atoms with Crippen molar-refractivity contribution in [2.45, 2.75) is 39.7 Å². The van der Waals surface area contributed by atoms with Crippen molar-refractivity contribution in [3.63, 3.8) is 0 Å². The van der Waals surface area contributed by atoms with Crippen LogP contribution in [-0.4, -0.2) is 16.0 Å². The van der Waals surface area contributed by atoms with Crippen molar-refractivity contribution in [2.75, 3.05) is 5.32 Å². The van der Waals surface area contributed by atoms with Gasteiger partial charge in [0.15, 0.2) is 0 Å². The Balaban J connectivity index is 2.26. The fourth-order valence-electron chi connectivity index (χ4n) is 1.88. The number of aromatic nitrogens is 2. The van der Waals surface area contributed by atoms with Crippen LogP contribution in [0, 0.1) is 0 Å². The molecule has 0 spiro atoms. The van der Waals surface area contributed by atoms with Crippen molar-refractivity contribution in [1.82, 2.24) is 9.97 Å². The van der Waals surface area contributed by atoms with Crippen LogP contribution >= 0.6 is 0 Å². The Kier molecular flexibility index (Phi) is 4.50. The summed E-state index contributed by atoms with van der Waals surface area (Å²) in [7, 11) is 0. The molecule has 0 saturated heterocycles. The highest BCUT2D eigenvalue weighted by Crippen LogP contribution is 2.19. The van der Waals surface area contributed by atoms with Gasteiger partial charge < -0.3 is 5.32 Å². The molecule has 1 N–H and O–H groups in total. The zero-order valence-corrected chi connectivity index (χ0v) is 11.9. The van der Waals surface area contributed by atoms with E-state index in [0.717, 1.165) is 29.9 Å².